The van der Waals surface area contributed by atoms with Gasteiger partial charge in [0.15, 0.2) is 0 Å². The summed E-state index contributed by atoms with van der Waals surface area (Å²) >= 11 is 0.974. The van der Waals surface area contributed by atoms with Crippen LogP contribution < -0.4 is 5.11 Å². The van der Waals surface area contributed by atoms with Gasteiger partial charge in [-0.25, -0.2) is 8.42 Å². The van der Waals surface area contributed by atoms with E-state index in [1.807, 2.05) is 31.2 Å². The summed E-state index contributed by atoms with van der Waals surface area (Å²) in [6, 6.07) is 10.4. The van der Waals surface area contributed by atoms with Crippen LogP contribution in [0, 0.1) is 6.92 Å². The van der Waals surface area contributed by atoms with Crippen molar-refractivity contribution < 1.29 is 18.3 Å². The third-order valence-electron chi connectivity index (χ3n) is 4.36. The van der Waals surface area contributed by atoms with Gasteiger partial charge in [-0.05, 0) is 43.5 Å². The number of carboxylic acid groups (broad SMARTS) is 1. The Morgan fingerprint density at radius 1 is 1.08 bits per heavy atom. The lowest BCUT2D eigenvalue weighted by Crippen LogP contribution is -2.35. The van der Waals surface area contributed by atoms with Crippen molar-refractivity contribution in [3.8, 4) is 0 Å². The van der Waals surface area contributed by atoms with Crippen molar-refractivity contribution >= 4 is 39.0 Å². The van der Waals surface area contributed by atoms with Crippen LogP contribution >= 0.6 is 11.3 Å². The Morgan fingerprint density at radius 3 is 2.35 bits per heavy atom. The highest BCUT2D eigenvalue weighted by atomic mass is 32.2. The van der Waals surface area contributed by atoms with E-state index in [0.717, 1.165) is 41.7 Å². The summed E-state index contributed by atoms with van der Waals surface area (Å²) in [5, 5.41) is 11.6. The van der Waals surface area contributed by atoms with Crippen molar-refractivity contribution in [2.45, 2.75) is 30.4 Å². The Labute approximate surface area is 157 Å². The van der Waals surface area contributed by atoms with Gasteiger partial charge in [0.25, 0.3) is 10.0 Å². The summed E-state index contributed by atoms with van der Waals surface area (Å²) in [5.41, 5.74) is 1.78. The Bertz CT molecular complexity index is 921. The number of carbonyl (C=O) groups excluding carboxylic acids is 1. The van der Waals surface area contributed by atoms with E-state index in [4.69, 9.17) is 0 Å². The van der Waals surface area contributed by atoms with Crippen LogP contribution in [0.5, 0.6) is 0 Å². The minimum atomic E-state index is -3.57. The number of aryl methyl sites for hydroxylation is 1. The summed E-state index contributed by atoms with van der Waals surface area (Å²) in [7, 11) is -3.57. The van der Waals surface area contributed by atoms with Crippen molar-refractivity contribution in [3.05, 3.63) is 52.4 Å². The van der Waals surface area contributed by atoms with Crippen LogP contribution in [0.2, 0.25) is 0 Å². The van der Waals surface area contributed by atoms with E-state index in [1.54, 1.807) is 0 Å². The zero-order valence-electron chi connectivity index (χ0n) is 14.5. The molecule has 0 bridgehead atoms. The molecular formula is C19H20NO4S2-. The normalized spacial score (nSPS) is 16.6. The molecule has 1 aromatic heterocycles. The number of piperidine rings is 1. The fraction of sp³-hybridized carbons (Fsp3) is 0.316. The van der Waals surface area contributed by atoms with Gasteiger partial charge in [-0.15, -0.1) is 11.3 Å². The highest BCUT2D eigenvalue weighted by Crippen LogP contribution is 2.31. The number of hydrogen-bond donors (Lipinski definition) is 0. The molecule has 0 amide bonds. The fourth-order valence-electron chi connectivity index (χ4n) is 2.90. The number of thiophene rings is 1. The van der Waals surface area contributed by atoms with Gasteiger partial charge in [0.2, 0.25) is 0 Å². The molecule has 0 atom stereocenters. The van der Waals surface area contributed by atoms with Crippen LogP contribution in [0.3, 0.4) is 0 Å². The number of hydrogen-bond acceptors (Lipinski definition) is 5. The quantitative estimate of drug-likeness (QED) is 0.735. The molecule has 1 aliphatic heterocycles. The van der Waals surface area contributed by atoms with E-state index in [0.29, 0.717) is 18.0 Å². The van der Waals surface area contributed by atoms with Crippen molar-refractivity contribution in [2.24, 2.45) is 0 Å². The molecule has 1 aliphatic rings. The Kier molecular flexibility index (Phi) is 5.60. The lowest BCUT2D eigenvalue weighted by atomic mass is 10.1. The number of sulfonamides is 1. The highest BCUT2D eigenvalue weighted by molar-refractivity contribution is 7.91. The zero-order valence-corrected chi connectivity index (χ0v) is 16.1. The number of rotatable bonds is 5. The van der Waals surface area contributed by atoms with Crippen LogP contribution in [0.15, 0.2) is 40.6 Å². The SMILES string of the molecule is Cc1ccc(/C=C(\C(=O)[O-])c2ccc(S(=O)(=O)N3CCCCC3)s2)cc1. The maximum Gasteiger partial charge on any atom is 0.252 e. The van der Waals surface area contributed by atoms with Crippen LogP contribution in [0.1, 0.15) is 35.3 Å². The number of benzene rings is 1. The fourth-order valence-corrected chi connectivity index (χ4v) is 5.88. The Morgan fingerprint density at radius 2 is 1.73 bits per heavy atom. The molecular weight excluding hydrogens is 370 g/mol. The first-order valence-electron chi connectivity index (χ1n) is 8.48. The van der Waals surface area contributed by atoms with Crippen LogP contribution in [-0.4, -0.2) is 31.8 Å². The van der Waals surface area contributed by atoms with Crippen LogP contribution in [0.25, 0.3) is 11.6 Å². The smallest absolute Gasteiger partial charge is 0.252 e. The molecule has 1 aromatic carbocycles. The third kappa shape index (κ3) is 4.06. The summed E-state index contributed by atoms with van der Waals surface area (Å²) in [6.07, 6.45) is 4.26. The first-order chi connectivity index (χ1) is 12.4. The zero-order chi connectivity index (χ0) is 18.7. The lowest BCUT2D eigenvalue weighted by Gasteiger charge is -2.25. The molecule has 138 valence electrons. The number of nitrogens with zero attached hydrogens (tertiary/aromatic N) is 1. The molecule has 0 aliphatic carbocycles. The van der Waals surface area contributed by atoms with Gasteiger partial charge >= 0.3 is 0 Å². The standard InChI is InChI=1S/C19H21NO4S2/c1-14-5-7-15(8-6-14)13-16(19(21)22)17-9-10-18(25-17)26(23,24)20-11-3-2-4-12-20/h5-10,13H,2-4,11-12H2,1H3,(H,21,22)/p-1/b16-13-. The van der Waals surface area contributed by atoms with Crippen molar-refractivity contribution in [1.82, 2.24) is 4.31 Å². The Hall–Kier alpha value is -1.96. The van der Waals surface area contributed by atoms with Gasteiger partial charge in [-0.1, -0.05) is 36.2 Å². The number of carboxylic acids is 1. The molecule has 0 unspecified atom stereocenters. The molecule has 0 radical (unpaired) electrons. The minimum Gasteiger partial charge on any atom is -0.545 e. The second kappa shape index (κ2) is 7.73. The van der Waals surface area contributed by atoms with Gasteiger partial charge in [0, 0.05) is 23.5 Å². The molecule has 5 nitrogen and oxygen atoms in total. The Balaban J connectivity index is 1.93. The summed E-state index contributed by atoms with van der Waals surface area (Å²) < 4.78 is 27.1. The minimum absolute atomic E-state index is 0.0149. The van der Waals surface area contributed by atoms with E-state index in [2.05, 4.69) is 0 Å². The van der Waals surface area contributed by atoms with Gasteiger partial charge in [0.1, 0.15) is 4.21 Å². The summed E-state index contributed by atoms with van der Waals surface area (Å²) in [4.78, 5) is 12.0. The maximum absolute atomic E-state index is 12.7. The molecule has 0 N–H and O–H groups in total. The van der Waals surface area contributed by atoms with Gasteiger partial charge in [0.05, 0.1) is 5.97 Å². The number of carbonyl (C=O) groups is 1. The molecule has 0 saturated carbocycles. The summed E-state index contributed by atoms with van der Waals surface area (Å²) in [6.45, 7) is 2.98. The molecule has 0 spiro atoms. The molecule has 2 heterocycles. The maximum atomic E-state index is 12.7. The molecule has 1 saturated heterocycles. The average Bonchev–Trinajstić information content (AvgIpc) is 3.12. The highest BCUT2D eigenvalue weighted by Gasteiger charge is 2.27. The van der Waals surface area contributed by atoms with Crippen LogP contribution in [-0.2, 0) is 14.8 Å². The largest absolute Gasteiger partial charge is 0.545 e. The molecule has 7 heteroatoms. The van der Waals surface area contributed by atoms with Crippen molar-refractivity contribution in [3.63, 3.8) is 0 Å². The second-order valence-corrected chi connectivity index (χ2v) is 9.59. The molecule has 26 heavy (non-hydrogen) atoms. The van der Waals surface area contributed by atoms with Crippen molar-refractivity contribution in [2.75, 3.05) is 13.1 Å². The second-order valence-electron chi connectivity index (χ2n) is 6.34. The van der Waals surface area contributed by atoms with Gasteiger partial charge in [-0.2, -0.15) is 4.31 Å². The van der Waals surface area contributed by atoms with E-state index in [-0.39, 0.29) is 9.78 Å². The lowest BCUT2D eigenvalue weighted by molar-refractivity contribution is -0.295. The first kappa shape index (κ1) is 18.8. The van der Waals surface area contributed by atoms with E-state index < -0.39 is 16.0 Å². The van der Waals surface area contributed by atoms with Gasteiger partial charge in [-0.3, -0.25) is 0 Å². The predicted octanol–water partition coefficient (Wildman–Crippen LogP) is 2.52. The summed E-state index contributed by atoms with van der Waals surface area (Å²) in [5.74, 6) is -1.32. The van der Waals surface area contributed by atoms with Gasteiger partial charge < -0.3 is 9.90 Å². The van der Waals surface area contributed by atoms with E-state index in [1.165, 1.54) is 22.5 Å². The molecule has 1 fully saturated rings. The predicted molar refractivity (Wildman–Crippen MR) is 101 cm³/mol. The third-order valence-corrected chi connectivity index (χ3v) is 7.85. The molecule has 3 rings (SSSR count). The van der Waals surface area contributed by atoms with E-state index in [9.17, 15) is 18.3 Å². The topological polar surface area (TPSA) is 77.5 Å². The van der Waals surface area contributed by atoms with Crippen LogP contribution in [0.4, 0.5) is 0 Å². The first-order valence-corrected chi connectivity index (χ1v) is 10.7. The monoisotopic (exact) mass is 390 g/mol. The van der Waals surface area contributed by atoms with E-state index >= 15 is 0 Å². The van der Waals surface area contributed by atoms with Crippen molar-refractivity contribution in [1.29, 1.82) is 0 Å². The average molecular weight is 391 g/mol. The molecule has 2 aromatic rings. The number of aliphatic carboxylic acids is 1.